The molecule has 0 aliphatic heterocycles. The summed E-state index contributed by atoms with van der Waals surface area (Å²) in [6, 6.07) is 0. The van der Waals surface area contributed by atoms with Gasteiger partial charge in [-0.15, -0.1) is 0 Å². The molecule has 0 radical (unpaired) electrons. The molecule has 0 aromatic heterocycles. The van der Waals surface area contributed by atoms with Crippen LogP contribution in [0.25, 0.3) is 0 Å². The third-order valence-corrected chi connectivity index (χ3v) is 0.572. The number of carboxylic acids is 1. The summed E-state index contributed by atoms with van der Waals surface area (Å²) in [7, 11) is 0. The normalized spacial score (nSPS) is 9.20. The van der Waals surface area contributed by atoms with Crippen molar-refractivity contribution in [3.8, 4) is 0 Å². The zero-order chi connectivity index (χ0) is 7.98. The van der Waals surface area contributed by atoms with Crippen molar-refractivity contribution in [3.05, 3.63) is 12.2 Å². The highest BCUT2D eigenvalue weighted by molar-refractivity contribution is 5.97. The monoisotopic (exact) mass is 142 g/mol. The molecular formula is C5H4NO4-. The van der Waals surface area contributed by atoms with E-state index in [1.807, 2.05) is 0 Å². The summed E-state index contributed by atoms with van der Waals surface area (Å²) in [6.07, 6.45) is 1.37. The van der Waals surface area contributed by atoms with Gasteiger partial charge in [0.2, 0.25) is 12.3 Å². The van der Waals surface area contributed by atoms with Gasteiger partial charge >= 0.3 is 0 Å². The SMILES string of the molecule is O=CNC(=O)/C=C\C(=O)[O-]. The lowest BCUT2D eigenvalue weighted by Crippen LogP contribution is -2.22. The number of aliphatic carboxylic acids is 1. The maximum Gasteiger partial charge on any atom is 0.250 e. The number of nitrogens with one attached hydrogen (secondary N) is 1. The molecule has 1 N–H and O–H groups in total. The lowest BCUT2D eigenvalue weighted by atomic mass is 10.5. The smallest absolute Gasteiger partial charge is 0.250 e. The highest BCUT2D eigenvalue weighted by Crippen LogP contribution is 1.68. The number of carbonyl (C=O) groups excluding carboxylic acids is 3. The number of hydrogen-bond acceptors (Lipinski definition) is 4. The second kappa shape index (κ2) is 4.25. The lowest BCUT2D eigenvalue weighted by Gasteiger charge is -1.89. The third kappa shape index (κ3) is 4.51. The standard InChI is InChI=1S/C5H5NO4/c7-3-6-4(8)1-2-5(9)10/h1-3H,(H,9,10)(H,6,7,8)/p-1/b2-1-. The van der Waals surface area contributed by atoms with E-state index in [1.165, 1.54) is 0 Å². The van der Waals surface area contributed by atoms with Crippen LogP contribution in [-0.2, 0) is 14.4 Å². The highest BCUT2D eigenvalue weighted by Gasteiger charge is 1.88. The minimum Gasteiger partial charge on any atom is -0.545 e. The van der Waals surface area contributed by atoms with Crippen LogP contribution in [0.3, 0.4) is 0 Å². The molecule has 5 nitrogen and oxygen atoms in total. The first-order valence-electron chi connectivity index (χ1n) is 2.30. The maximum absolute atomic E-state index is 10.2. The summed E-state index contributed by atoms with van der Waals surface area (Å²) in [4.78, 5) is 29.4. The van der Waals surface area contributed by atoms with E-state index < -0.39 is 11.9 Å². The van der Waals surface area contributed by atoms with Crippen molar-refractivity contribution in [2.75, 3.05) is 0 Å². The Balaban J connectivity index is 3.77. The number of carbonyl (C=O) groups is 3. The summed E-state index contributed by atoms with van der Waals surface area (Å²) in [5, 5.41) is 11.3. The van der Waals surface area contributed by atoms with E-state index in [0.29, 0.717) is 12.2 Å². The van der Waals surface area contributed by atoms with Gasteiger partial charge in [0.1, 0.15) is 0 Å². The number of hydrogen-bond donors (Lipinski definition) is 1. The molecule has 0 saturated carbocycles. The molecule has 0 aliphatic carbocycles. The molecule has 0 spiro atoms. The second-order valence-electron chi connectivity index (χ2n) is 1.28. The molecule has 0 unspecified atom stereocenters. The van der Waals surface area contributed by atoms with Gasteiger partial charge in [-0.25, -0.2) is 0 Å². The van der Waals surface area contributed by atoms with Crippen molar-refractivity contribution in [3.63, 3.8) is 0 Å². The van der Waals surface area contributed by atoms with Gasteiger partial charge in [-0.2, -0.15) is 0 Å². The molecule has 0 atom stereocenters. The Hall–Kier alpha value is -1.65. The fraction of sp³-hybridized carbons (Fsp3) is 0. The minimum absolute atomic E-state index is 0.155. The molecule has 0 heterocycles. The predicted molar refractivity (Wildman–Crippen MR) is 28.4 cm³/mol. The average Bonchev–Trinajstić information content (AvgIpc) is 1.85. The second-order valence-corrected chi connectivity index (χ2v) is 1.28. The summed E-state index contributed by atoms with van der Waals surface area (Å²) in [5.41, 5.74) is 0. The molecule has 0 fully saturated rings. The zero-order valence-corrected chi connectivity index (χ0v) is 4.87. The van der Waals surface area contributed by atoms with E-state index in [9.17, 15) is 19.5 Å². The Morgan fingerprint density at radius 1 is 1.30 bits per heavy atom. The van der Waals surface area contributed by atoms with Gasteiger partial charge in [-0.1, -0.05) is 0 Å². The number of amides is 2. The Bertz CT molecular complexity index is 184. The van der Waals surface area contributed by atoms with Crippen LogP contribution in [0.1, 0.15) is 0 Å². The first-order chi connectivity index (χ1) is 4.66. The summed E-state index contributed by atoms with van der Waals surface area (Å²) >= 11 is 0. The van der Waals surface area contributed by atoms with E-state index in [2.05, 4.69) is 0 Å². The van der Waals surface area contributed by atoms with Crippen molar-refractivity contribution in [2.45, 2.75) is 0 Å². The van der Waals surface area contributed by atoms with Crippen LogP contribution in [0.5, 0.6) is 0 Å². The van der Waals surface area contributed by atoms with Crippen molar-refractivity contribution in [1.29, 1.82) is 0 Å². The molecule has 0 rings (SSSR count). The lowest BCUT2D eigenvalue weighted by molar-refractivity contribution is -0.297. The van der Waals surface area contributed by atoms with E-state index in [-0.39, 0.29) is 6.41 Å². The van der Waals surface area contributed by atoms with Crippen molar-refractivity contribution in [2.24, 2.45) is 0 Å². The van der Waals surface area contributed by atoms with Gasteiger partial charge in [-0.05, 0) is 6.08 Å². The van der Waals surface area contributed by atoms with E-state index >= 15 is 0 Å². The topological polar surface area (TPSA) is 86.3 Å². The number of rotatable bonds is 3. The fourth-order valence-corrected chi connectivity index (χ4v) is 0.250. The van der Waals surface area contributed by atoms with Crippen LogP contribution in [-0.4, -0.2) is 18.3 Å². The van der Waals surface area contributed by atoms with Crippen LogP contribution >= 0.6 is 0 Å². The Labute approximate surface area is 56.3 Å². The van der Waals surface area contributed by atoms with Crippen molar-refractivity contribution >= 4 is 18.3 Å². The van der Waals surface area contributed by atoms with Gasteiger partial charge in [0.15, 0.2) is 0 Å². The van der Waals surface area contributed by atoms with Crippen LogP contribution in [0, 0.1) is 0 Å². The molecule has 5 heteroatoms. The molecule has 0 bridgehead atoms. The van der Waals surface area contributed by atoms with Crippen LogP contribution in [0.15, 0.2) is 12.2 Å². The zero-order valence-electron chi connectivity index (χ0n) is 4.87. The predicted octanol–water partition coefficient (Wildman–Crippen LogP) is -2.43. The largest absolute Gasteiger partial charge is 0.545 e. The number of carboxylic acid groups (broad SMARTS) is 1. The molecule has 0 saturated heterocycles. The van der Waals surface area contributed by atoms with Crippen LogP contribution in [0.4, 0.5) is 0 Å². The first-order valence-corrected chi connectivity index (χ1v) is 2.30. The van der Waals surface area contributed by atoms with Crippen molar-refractivity contribution < 1.29 is 19.5 Å². The highest BCUT2D eigenvalue weighted by atomic mass is 16.4. The fourth-order valence-electron chi connectivity index (χ4n) is 0.250. The Kier molecular flexibility index (Phi) is 3.55. The summed E-state index contributed by atoms with van der Waals surface area (Å²) in [5.74, 6) is -2.28. The Morgan fingerprint density at radius 3 is 2.30 bits per heavy atom. The van der Waals surface area contributed by atoms with Gasteiger partial charge in [-0.3, -0.25) is 14.9 Å². The molecule has 0 aromatic carbocycles. The molecule has 10 heavy (non-hydrogen) atoms. The van der Waals surface area contributed by atoms with Crippen molar-refractivity contribution in [1.82, 2.24) is 5.32 Å². The van der Waals surface area contributed by atoms with Gasteiger partial charge in [0.25, 0.3) is 0 Å². The maximum atomic E-state index is 10.2. The van der Waals surface area contributed by atoms with E-state index in [4.69, 9.17) is 0 Å². The van der Waals surface area contributed by atoms with Crippen LogP contribution < -0.4 is 10.4 Å². The minimum atomic E-state index is -1.49. The molecule has 0 aliphatic rings. The van der Waals surface area contributed by atoms with Crippen LogP contribution in [0.2, 0.25) is 0 Å². The van der Waals surface area contributed by atoms with Gasteiger partial charge < -0.3 is 9.90 Å². The third-order valence-electron chi connectivity index (χ3n) is 0.572. The summed E-state index contributed by atoms with van der Waals surface area (Å²) in [6.45, 7) is 0. The summed E-state index contributed by atoms with van der Waals surface area (Å²) < 4.78 is 0. The van der Waals surface area contributed by atoms with Gasteiger partial charge in [0.05, 0.1) is 5.97 Å². The van der Waals surface area contributed by atoms with E-state index in [0.717, 1.165) is 0 Å². The molecular weight excluding hydrogens is 138 g/mol. The quantitative estimate of drug-likeness (QED) is 0.350. The molecule has 2 amide bonds. The van der Waals surface area contributed by atoms with Gasteiger partial charge in [0, 0.05) is 6.08 Å². The number of imide groups is 1. The van der Waals surface area contributed by atoms with E-state index in [1.54, 1.807) is 5.32 Å². The Morgan fingerprint density at radius 2 is 1.90 bits per heavy atom. The molecule has 54 valence electrons. The first kappa shape index (κ1) is 8.35. The molecule has 0 aromatic rings. The average molecular weight is 142 g/mol.